The molecule has 0 bridgehead atoms. The van der Waals surface area contributed by atoms with Crippen molar-refractivity contribution in [2.24, 2.45) is 0 Å². The van der Waals surface area contributed by atoms with E-state index in [4.69, 9.17) is 0 Å². The van der Waals surface area contributed by atoms with Crippen LogP contribution in [-0.4, -0.2) is 42.0 Å². The van der Waals surface area contributed by atoms with Gasteiger partial charge in [0.05, 0.1) is 5.75 Å². The van der Waals surface area contributed by atoms with Crippen LogP contribution in [0.5, 0.6) is 0 Å². The second-order valence-electron chi connectivity index (χ2n) is 5.45. The summed E-state index contributed by atoms with van der Waals surface area (Å²) in [5.41, 5.74) is 1.89. The van der Waals surface area contributed by atoms with Crippen LogP contribution in [0.4, 0.5) is 16.5 Å². The number of amides is 1. The number of aromatic nitrogens is 2. The van der Waals surface area contributed by atoms with Gasteiger partial charge in [0, 0.05) is 31.5 Å². The maximum absolute atomic E-state index is 12.0. The topological polar surface area (TPSA) is 70.1 Å². The molecule has 1 amide bonds. The van der Waals surface area contributed by atoms with E-state index >= 15 is 0 Å². The van der Waals surface area contributed by atoms with Gasteiger partial charge in [0.15, 0.2) is 4.34 Å². The number of benzene rings is 1. The summed E-state index contributed by atoms with van der Waals surface area (Å²) in [6.07, 6.45) is 0. The Labute approximate surface area is 144 Å². The Kier molecular flexibility index (Phi) is 6.23. The molecule has 0 aliphatic carbocycles. The van der Waals surface area contributed by atoms with Crippen molar-refractivity contribution in [3.8, 4) is 0 Å². The minimum Gasteiger partial charge on any atom is -0.378 e. The van der Waals surface area contributed by atoms with Gasteiger partial charge in [0.2, 0.25) is 11.0 Å². The zero-order valence-electron chi connectivity index (χ0n) is 13.7. The van der Waals surface area contributed by atoms with Crippen LogP contribution in [0.1, 0.15) is 13.8 Å². The van der Waals surface area contributed by atoms with E-state index < -0.39 is 0 Å². The lowest BCUT2D eigenvalue weighted by atomic mass is 10.2. The Morgan fingerprint density at radius 3 is 2.57 bits per heavy atom. The molecular formula is C15H21N5OS2. The number of hydrogen-bond donors (Lipinski definition) is 2. The third-order valence-electron chi connectivity index (χ3n) is 2.81. The van der Waals surface area contributed by atoms with Gasteiger partial charge in [-0.3, -0.25) is 4.79 Å². The maximum Gasteiger partial charge on any atom is 0.234 e. The Bertz CT molecular complexity index is 640. The van der Waals surface area contributed by atoms with E-state index in [1.54, 1.807) is 0 Å². The lowest BCUT2D eigenvalue weighted by Crippen LogP contribution is -2.14. The SMILES string of the molecule is CC(C)Nc1nnc(SCC(=O)Nc2ccc(N(C)C)cc2)s1. The minimum absolute atomic E-state index is 0.0545. The zero-order valence-corrected chi connectivity index (χ0v) is 15.3. The fourth-order valence-electron chi connectivity index (χ4n) is 1.74. The molecule has 0 spiro atoms. The highest BCUT2D eigenvalue weighted by molar-refractivity contribution is 8.01. The lowest BCUT2D eigenvalue weighted by Gasteiger charge is -2.12. The van der Waals surface area contributed by atoms with E-state index in [0.717, 1.165) is 20.8 Å². The van der Waals surface area contributed by atoms with Crippen LogP contribution in [0.3, 0.4) is 0 Å². The van der Waals surface area contributed by atoms with Crippen molar-refractivity contribution in [2.45, 2.75) is 24.2 Å². The van der Waals surface area contributed by atoms with Gasteiger partial charge in [-0.2, -0.15) is 0 Å². The van der Waals surface area contributed by atoms with Gasteiger partial charge in [0.1, 0.15) is 0 Å². The monoisotopic (exact) mass is 351 g/mol. The lowest BCUT2D eigenvalue weighted by molar-refractivity contribution is -0.113. The first-order valence-electron chi connectivity index (χ1n) is 7.24. The average Bonchev–Trinajstić information content (AvgIpc) is 2.92. The zero-order chi connectivity index (χ0) is 16.8. The van der Waals surface area contributed by atoms with Crippen molar-refractivity contribution in [2.75, 3.05) is 35.4 Å². The summed E-state index contributed by atoms with van der Waals surface area (Å²) >= 11 is 2.85. The molecule has 0 fully saturated rings. The molecule has 0 aliphatic rings. The first-order chi connectivity index (χ1) is 10.9. The number of rotatable bonds is 7. The molecular weight excluding hydrogens is 330 g/mol. The normalized spacial score (nSPS) is 10.7. The number of nitrogens with zero attached hydrogens (tertiary/aromatic N) is 3. The van der Waals surface area contributed by atoms with E-state index in [1.165, 1.54) is 23.1 Å². The van der Waals surface area contributed by atoms with Crippen LogP contribution in [0.15, 0.2) is 28.6 Å². The van der Waals surface area contributed by atoms with Crippen LogP contribution in [0.25, 0.3) is 0 Å². The van der Waals surface area contributed by atoms with Gasteiger partial charge < -0.3 is 15.5 Å². The number of hydrogen-bond acceptors (Lipinski definition) is 7. The van der Waals surface area contributed by atoms with E-state index in [9.17, 15) is 4.79 Å². The standard InChI is InChI=1S/C15H21N5OS2/c1-10(2)16-14-18-19-15(23-14)22-9-13(21)17-11-5-7-12(8-6-11)20(3)4/h5-8,10H,9H2,1-4H3,(H,16,18)(H,17,21). The molecule has 6 nitrogen and oxygen atoms in total. The van der Waals surface area contributed by atoms with Gasteiger partial charge in [-0.15, -0.1) is 10.2 Å². The van der Waals surface area contributed by atoms with Gasteiger partial charge in [-0.1, -0.05) is 23.1 Å². The molecule has 8 heteroatoms. The fourth-order valence-corrected chi connectivity index (χ4v) is 3.44. The molecule has 124 valence electrons. The Balaban J connectivity index is 1.81. The van der Waals surface area contributed by atoms with Crippen LogP contribution >= 0.6 is 23.1 Å². The van der Waals surface area contributed by atoms with Gasteiger partial charge in [-0.05, 0) is 38.1 Å². The molecule has 1 aromatic heterocycles. The second kappa shape index (κ2) is 8.16. The van der Waals surface area contributed by atoms with Gasteiger partial charge in [-0.25, -0.2) is 0 Å². The summed E-state index contributed by atoms with van der Waals surface area (Å²) in [5.74, 6) is 0.257. The molecule has 0 unspecified atom stereocenters. The summed E-state index contributed by atoms with van der Waals surface area (Å²) in [6.45, 7) is 4.09. The second-order valence-corrected chi connectivity index (χ2v) is 7.65. The van der Waals surface area contributed by atoms with Crippen molar-refractivity contribution < 1.29 is 4.79 Å². The van der Waals surface area contributed by atoms with Crippen molar-refractivity contribution in [3.05, 3.63) is 24.3 Å². The Hall–Kier alpha value is -1.80. The van der Waals surface area contributed by atoms with Gasteiger partial charge in [0.25, 0.3) is 0 Å². The summed E-state index contributed by atoms with van der Waals surface area (Å²) in [6, 6.07) is 8.05. The molecule has 0 atom stereocenters. The number of nitrogens with one attached hydrogen (secondary N) is 2. The number of thioether (sulfide) groups is 1. The molecule has 2 rings (SSSR count). The largest absolute Gasteiger partial charge is 0.378 e. The quantitative estimate of drug-likeness (QED) is 0.747. The number of carbonyl (C=O) groups excluding carboxylic acids is 1. The van der Waals surface area contributed by atoms with E-state index in [2.05, 4.69) is 20.8 Å². The minimum atomic E-state index is -0.0545. The highest BCUT2D eigenvalue weighted by Gasteiger charge is 2.09. The molecule has 23 heavy (non-hydrogen) atoms. The molecule has 0 aliphatic heterocycles. The van der Waals surface area contributed by atoms with Gasteiger partial charge >= 0.3 is 0 Å². The Morgan fingerprint density at radius 2 is 1.96 bits per heavy atom. The predicted molar refractivity (Wildman–Crippen MR) is 98.8 cm³/mol. The summed E-state index contributed by atoms with van der Waals surface area (Å²) in [4.78, 5) is 14.0. The molecule has 2 N–H and O–H groups in total. The molecule has 1 aromatic carbocycles. The van der Waals surface area contributed by atoms with E-state index in [-0.39, 0.29) is 5.91 Å². The van der Waals surface area contributed by atoms with Crippen LogP contribution in [-0.2, 0) is 4.79 Å². The highest BCUT2D eigenvalue weighted by Crippen LogP contribution is 2.26. The first kappa shape index (κ1) is 17.6. The third-order valence-corrected chi connectivity index (χ3v) is 4.80. The Morgan fingerprint density at radius 1 is 1.26 bits per heavy atom. The summed E-state index contributed by atoms with van der Waals surface area (Å²) < 4.78 is 0.784. The van der Waals surface area contributed by atoms with E-state index in [1.807, 2.05) is 57.1 Å². The van der Waals surface area contributed by atoms with Crippen molar-refractivity contribution >= 4 is 45.5 Å². The van der Waals surface area contributed by atoms with Crippen molar-refractivity contribution in [3.63, 3.8) is 0 Å². The van der Waals surface area contributed by atoms with Crippen molar-refractivity contribution in [1.29, 1.82) is 0 Å². The number of anilines is 3. The molecule has 1 heterocycles. The third kappa shape index (κ3) is 5.72. The predicted octanol–water partition coefficient (Wildman–Crippen LogP) is 3.16. The average molecular weight is 352 g/mol. The molecule has 0 saturated heterocycles. The maximum atomic E-state index is 12.0. The van der Waals surface area contributed by atoms with Crippen LogP contribution in [0, 0.1) is 0 Å². The fraction of sp³-hybridized carbons (Fsp3) is 0.400. The van der Waals surface area contributed by atoms with E-state index in [0.29, 0.717) is 11.8 Å². The number of carbonyl (C=O) groups is 1. The molecule has 0 saturated carbocycles. The first-order valence-corrected chi connectivity index (χ1v) is 9.04. The highest BCUT2D eigenvalue weighted by atomic mass is 32.2. The summed E-state index contributed by atoms with van der Waals surface area (Å²) in [5, 5.41) is 15.0. The molecule has 2 aromatic rings. The summed E-state index contributed by atoms with van der Waals surface area (Å²) in [7, 11) is 3.96. The smallest absolute Gasteiger partial charge is 0.234 e. The van der Waals surface area contributed by atoms with Crippen LogP contribution in [0.2, 0.25) is 0 Å². The van der Waals surface area contributed by atoms with Crippen LogP contribution < -0.4 is 15.5 Å². The van der Waals surface area contributed by atoms with Crippen molar-refractivity contribution in [1.82, 2.24) is 10.2 Å². The molecule has 0 radical (unpaired) electrons.